The van der Waals surface area contributed by atoms with Crippen molar-refractivity contribution in [3.05, 3.63) is 78.5 Å². The van der Waals surface area contributed by atoms with E-state index in [0.29, 0.717) is 5.56 Å². The molecule has 0 amide bonds. The highest BCUT2D eigenvalue weighted by molar-refractivity contribution is 5.94. The Morgan fingerprint density at radius 2 is 1.67 bits per heavy atom. The van der Waals surface area contributed by atoms with Crippen LogP contribution < -0.4 is 0 Å². The Hall–Kier alpha value is -3.27. The molecule has 4 heteroatoms. The number of carbonyl (C=O) groups excluding carboxylic acids is 1. The molecule has 0 saturated carbocycles. The van der Waals surface area contributed by atoms with E-state index >= 15 is 0 Å². The Bertz CT molecular complexity index is 1020. The Morgan fingerprint density at radius 1 is 0.917 bits per heavy atom. The second-order valence-corrected chi connectivity index (χ2v) is 5.63. The molecule has 2 heterocycles. The molecule has 116 valence electrons. The first-order chi connectivity index (χ1) is 11.7. The summed E-state index contributed by atoms with van der Waals surface area (Å²) >= 11 is 0. The van der Waals surface area contributed by atoms with E-state index in [1.165, 1.54) is 0 Å². The van der Waals surface area contributed by atoms with Gasteiger partial charge in [0, 0.05) is 29.0 Å². The van der Waals surface area contributed by atoms with Crippen molar-refractivity contribution in [3.8, 4) is 22.5 Å². The SMILES string of the molecule is CC(=O)c1ccc(-c2ccnc3cc(-c4ccccc4)nn23)cc1. The van der Waals surface area contributed by atoms with E-state index in [0.717, 1.165) is 28.2 Å². The van der Waals surface area contributed by atoms with Gasteiger partial charge >= 0.3 is 0 Å². The maximum atomic E-state index is 11.4. The summed E-state index contributed by atoms with van der Waals surface area (Å²) in [7, 11) is 0. The maximum Gasteiger partial charge on any atom is 0.159 e. The van der Waals surface area contributed by atoms with E-state index in [9.17, 15) is 4.79 Å². The van der Waals surface area contributed by atoms with Gasteiger partial charge in [-0.3, -0.25) is 4.79 Å². The van der Waals surface area contributed by atoms with Crippen LogP contribution in [0, 0.1) is 0 Å². The van der Waals surface area contributed by atoms with E-state index in [-0.39, 0.29) is 5.78 Å². The highest BCUT2D eigenvalue weighted by atomic mass is 16.1. The van der Waals surface area contributed by atoms with Crippen LogP contribution in [0.15, 0.2) is 72.9 Å². The van der Waals surface area contributed by atoms with E-state index < -0.39 is 0 Å². The van der Waals surface area contributed by atoms with Crippen LogP contribution in [0.5, 0.6) is 0 Å². The summed E-state index contributed by atoms with van der Waals surface area (Å²) in [5.74, 6) is 0.0619. The van der Waals surface area contributed by atoms with Gasteiger partial charge < -0.3 is 0 Å². The monoisotopic (exact) mass is 313 g/mol. The molecule has 0 saturated heterocycles. The molecule has 2 aromatic heterocycles. The van der Waals surface area contributed by atoms with Crippen LogP contribution >= 0.6 is 0 Å². The lowest BCUT2D eigenvalue weighted by Crippen LogP contribution is -1.97. The van der Waals surface area contributed by atoms with Gasteiger partial charge in [0.1, 0.15) is 0 Å². The normalized spacial score (nSPS) is 10.9. The molecule has 0 aliphatic heterocycles. The van der Waals surface area contributed by atoms with Crippen LogP contribution in [-0.4, -0.2) is 20.4 Å². The Labute approximate surface area is 139 Å². The zero-order valence-electron chi connectivity index (χ0n) is 13.2. The maximum absolute atomic E-state index is 11.4. The number of fused-ring (bicyclic) bond motifs is 1. The largest absolute Gasteiger partial charge is 0.295 e. The molecular formula is C20H15N3O. The average molecular weight is 313 g/mol. The van der Waals surface area contributed by atoms with E-state index in [4.69, 9.17) is 5.10 Å². The minimum absolute atomic E-state index is 0.0619. The summed E-state index contributed by atoms with van der Waals surface area (Å²) in [6.07, 6.45) is 1.78. The Kier molecular flexibility index (Phi) is 3.43. The van der Waals surface area contributed by atoms with Gasteiger partial charge in [0.05, 0.1) is 11.4 Å². The van der Waals surface area contributed by atoms with Crippen LogP contribution in [0.25, 0.3) is 28.2 Å². The van der Waals surface area contributed by atoms with Crippen molar-refractivity contribution in [1.29, 1.82) is 0 Å². The number of Topliss-reactive ketones (excluding diaryl/α,β-unsaturated/α-hetero) is 1. The van der Waals surface area contributed by atoms with E-state index in [1.54, 1.807) is 13.1 Å². The quantitative estimate of drug-likeness (QED) is 0.531. The van der Waals surface area contributed by atoms with Crippen molar-refractivity contribution < 1.29 is 4.79 Å². The van der Waals surface area contributed by atoms with Crippen molar-refractivity contribution in [3.63, 3.8) is 0 Å². The third-order valence-electron chi connectivity index (χ3n) is 4.01. The van der Waals surface area contributed by atoms with Crippen LogP contribution in [-0.2, 0) is 0 Å². The van der Waals surface area contributed by atoms with Gasteiger partial charge in [0.2, 0.25) is 0 Å². The molecule has 0 unspecified atom stereocenters. The molecule has 0 bridgehead atoms. The summed E-state index contributed by atoms with van der Waals surface area (Å²) in [5, 5.41) is 4.70. The topological polar surface area (TPSA) is 47.3 Å². The fourth-order valence-corrected chi connectivity index (χ4v) is 2.74. The molecule has 0 N–H and O–H groups in total. The summed E-state index contributed by atoms with van der Waals surface area (Å²) in [4.78, 5) is 15.8. The summed E-state index contributed by atoms with van der Waals surface area (Å²) in [6.45, 7) is 1.57. The highest BCUT2D eigenvalue weighted by Gasteiger charge is 2.10. The molecule has 2 aromatic carbocycles. The third-order valence-corrected chi connectivity index (χ3v) is 4.01. The first-order valence-electron chi connectivity index (χ1n) is 7.74. The van der Waals surface area contributed by atoms with Crippen molar-refractivity contribution in [2.24, 2.45) is 0 Å². The lowest BCUT2D eigenvalue weighted by atomic mass is 10.1. The Morgan fingerprint density at radius 3 is 2.38 bits per heavy atom. The van der Waals surface area contributed by atoms with Gasteiger partial charge in [-0.15, -0.1) is 0 Å². The number of carbonyl (C=O) groups is 1. The molecular weight excluding hydrogens is 298 g/mol. The van der Waals surface area contributed by atoms with Gasteiger partial charge in [-0.25, -0.2) is 9.50 Å². The second-order valence-electron chi connectivity index (χ2n) is 5.63. The zero-order valence-corrected chi connectivity index (χ0v) is 13.2. The number of ketones is 1. The highest BCUT2D eigenvalue weighted by Crippen LogP contribution is 2.24. The Balaban J connectivity index is 1.84. The number of hydrogen-bond acceptors (Lipinski definition) is 3. The van der Waals surface area contributed by atoms with Gasteiger partial charge in [-0.05, 0) is 13.0 Å². The van der Waals surface area contributed by atoms with Gasteiger partial charge in [0.15, 0.2) is 11.4 Å². The lowest BCUT2D eigenvalue weighted by molar-refractivity contribution is 0.101. The van der Waals surface area contributed by atoms with Gasteiger partial charge in [-0.1, -0.05) is 54.6 Å². The number of hydrogen-bond donors (Lipinski definition) is 0. The zero-order chi connectivity index (χ0) is 16.5. The van der Waals surface area contributed by atoms with Crippen molar-refractivity contribution in [1.82, 2.24) is 14.6 Å². The lowest BCUT2D eigenvalue weighted by Gasteiger charge is -2.05. The molecule has 0 radical (unpaired) electrons. The number of aromatic nitrogens is 3. The van der Waals surface area contributed by atoms with Gasteiger partial charge in [0.25, 0.3) is 0 Å². The smallest absolute Gasteiger partial charge is 0.159 e. The molecule has 0 aliphatic carbocycles. The standard InChI is InChI=1S/C20H15N3O/c1-14(24)15-7-9-17(10-8-15)19-11-12-21-20-13-18(22-23(19)20)16-5-3-2-4-6-16/h2-13H,1H3. The van der Waals surface area contributed by atoms with E-state index in [1.807, 2.05) is 71.2 Å². The molecule has 4 rings (SSSR count). The third kappa shape index (κ3) is 2.48. The molecule has 0 aliphatic rings. The second kappa shape index (κ2) is 5.74. The van der Waals surface area contributed by atoms with E-state index in [2.05, 4.69) is 4.98 Å². The van der Waals surface area contributed by atoms with Crippen LogP contribution in [0.1, 0.15) is 17.3 Å². The van der Waals surface area contributed by atoms with Crippen molar-refractivity contribution in [2.75, 3.05) is 0 Å². The average Bonchev–Trinajstić information content (AvgIpc) is 3.07. The number of nitrogens with zero attached hydrogens (tertiary/aromatic N) is 3. The predicted molar refractivity (Wildman–Crippen MR) is 93.9 cm³/mol. The van der Waals surface area contributed by atoms with Crippen LogP contribution in [0.3, 0.4) is 0 Å². The summed E-state index contributed by atoms with van der Waals surface area (Å²) in [5.41, 5.74) is 5.38. The summed E-state index contributed by atoms with van der Waals surface area (Å²) < 4.78 is 1.84. The van der Waals surface area contributed by atoms with Crippen LogP contribution in [0.4, 0.5) is 0 Å². The number of benzene rings is 2. The number of rotatable bonds is 3. The first kappa shape index (κ1) is 14.3. The fourth-order valence-electron chi connectivity index (χ4n) is 2.74. The first-order valence-corrected chi connectivity index (χ1v) is 7.74. The minimum Gasteiger partial charge on any atom is -0.295 e. The van der Waals surface area contributed by atoms with Crippen molar-refractivity contribution >= 4 is 11.4 Å². The fraction of sp³-hybridized carbons (Fsp3) is 0.0500. The molecule has 0 atom stereocenters. The molecule has 4 aromatic rings. The molecule has 24 heavy (non-hydrogen) atoms. The van der Waals surface area contributed by atoms with Gasteiger partial charge in [-0.2, -0.15) is 5.10 Å². The molecule has 0 fully saturated rings. The summed E-state index contributed by atoms with van der Waals surface area (Å²) in [6, 6.07) is 21.5. The minimum atomic E-state index is 0.0619. The molecule has 4 nitrogen and oxygen atoms in total. The van der Waals surface area contributed by atoms with Crippen LogP contribution in [0.2, 0.25) is 0 Å². The molecule has 0 spiro atoms. The predicted octanol–water partition coefficient (Wildman–Crippen LogP) is 4.27. The van der Waals surface area contributed by atoms with Crippen molar-refractivity contribution in [2.45, 2.75) is 6.92 Å².